The van der Waals surface area contributed by atoms with Gasteiger partial charge in [0, 0.05) is 129 Å². The molecule has 0 spiro atoms. The van der Waals surface area contributed by atoms with Gasteiger partial charge in [-0.2, -0.15) is 0 Å². The average Bonchev–Trinajstić information content (AvgIpc) is 0. The molecule has 6 heteroatoms. The van der Waals surface area contributed by atoms with Gasteiger partial charge in [-0.1, -0.05) is 0 Å². The van der Waals surface area contributed by atoms with E-state index in [2.05, 4.69) is 0 Å². The summed E-state index contributed by atoms with van der Waals surface area (Å²) < 4.78 is 0. The Morgan fingerprint density at radius 3 is 0.500 bits per heavy atom. The predicted octanol–water partition coefficient (Wildman–Crippen LogP) is 0.886. The third-order valence-corrected chi connectivity index (χ3v) is 0. The van der Waals surface area contributed by atoms with Crippen LogP contribution >= 0.6 is 0 Å². The fourth-order valence-electron chi connectivity index (χ4n) is 0. The molecule has 0 aliphatic heterocycles. The minimum atomic E-state index is 0. The van der Waals surface area contributed by atoms with Gasteiger partial charge in [0.25, 0.3) is 0 Å². The molecule has 0 saturated carbocycles. The molecule has 0 rings (SSSR count). The summed E-state index contributed by atoms with van der Waals surface area (Å²) in [5.41, 5.74) is 0. The summed E-state index contributed by atoms with van der Waals surface area (Å²) in [6, 6.07) is 0. The molecule has 0 amide bonds. The molecule has 0 fully saturated rings. The van der Waals surface area contributed by atoms with E-state index in [4.69, 9.17) is 0 Å². The molecule has 0 aromatic rings. The van der Waals surface area contributed by atoms with Crippen LogP contribution in [0.15, 0.2) is 0 Å². The Bertz CT molecular complexity index is 12.0. The van der Waals surface area contributed by atoms with Crippen LogP contribution in [0.25, 0.3) is 0 Å². The molecular weight excluding hydrogens is 937 g/mol. The molecular formula is C2H6W4Y2. The summed E-state index contributed by atoms with van der Waals surface area (Å²) in [6.07, 6.45) is 0. The molecule has 0 heterocycles. The molecule has 0 aliphatic rings. The van der Waals surface area contributed by atoms with Gasteiger partial charge in [0.2, 0.25) is 0 Å². The van der Waals surface area contributed by atoms with Crippen LogP contribution in [0.3, 0.4) is 0 Å². The molecule has 0 atom stereocenters. The van der Waals surface area contributed by atoms with E-state index in [9.17, 15) is 0 Å². The van der Waals surface area contributed by atoms with E-state index in [0.717, 1.165) is 0 Å². The molecule has 0 aliphatic carbocycles. The second-order valence-electron chi connectivity index (χ2n) is 0. The molecule has 0 N–H and O–H groups in total. The van der Waals surface area contributed by atoms with Gasteiger partial charge >= 0.3 is 21.1 Å². The summed E-state index contributed by atoms with van der Waals surface area (Å²) in [6.45, 7) is 0. The average molecular weight is 943 g/mol. The smallest absolute Gasteiger partial charge is 0.358 e. The second kappa shape index (κ2) is 58.4. The SMILES string of the molecule is [CH3-].[CH3-].[W+2].[W].[W].[W].[Y].[Y]. The topological polar surface area (TPSA) is 0 Å². The van der Waals surface area contributed by atoms with Crippen LogP contribution in [-0.2, 0) is 150 Å². The zero-order valence-corrected chi connectivity index (χ0v) is 22.2. The van der Waals surface area contributed by atoms with Crippen LogP contribution in [0.1, 0.15) is 0 Å². The summed E-state index contributed by atoms with van der Waals surface area (Å²) in [5.74, 6) is 0. The number of hydrogen-bond acceptors (Lipinski definition) is 0. The van der Waals surface area contributed by atoms with Gasteiger partial charge in [-0.05, 0) is 0 Å². The van der Waals surface area contributed by atoms with Crippen LogP contribution < -0.4 is 0 Å². The first-order valence-corrected chi connectivity index (χ1v) is 0. The van der Waals surface area contributed by atoms with Gasteiger partial charge in [0.05, 0.1) is 0 Å². The normalized spacial score (nSPS) is 0. The first kappa shape index (κ1) is 75.3. The molecule has 44 valence electrons. The monoisotopic (exact) mass is 944 g/mol. The van der Waals surface area contributed by atoms with E-state index in [1.165, 1.54) is 0 Å². The summed E-state index contributed by atoms with van der Waals surface area (Å²) in [7, 11) is 0. The second-order valence-corrected chi connectivity index (χ2v) is 0. The van der Waals surface area contributed by atoms with Crippen LogP contribution in [0, 0.1) is 14.9 Å². The summed E-state index contributed by atoms with van der Waals surface area (Å²) in [5, 5.41) is 0. The maximum atomic E-state index is 0. The van der Waals surface area contributed by atoms with E-state index in [1.807, 2.05) is 0 Å². The van der Waals surface area contributed by atoms with Crippen LogP contribution in [0.4, 0.5) is 0 Å². The fourth-order valence-corrected chi connectivity index (χ4v) is 0. The van der Waals surface area contributed by atoms with Crippen molar-refractivity contribution in [2.24, 2.45) is 0 Å². The molecule has 0 aromatic carbocycles. The van der Waals surface area contributed by atoms with Crippen LogP contribution in [-0.4, -0.2) is 0 Å². The van der Waals surface area contributed by atoms with Crippen molar-refractivity contribution < 1.29 is 150 Å². The van der Waals surface area contributed by atoms with Crippen molar-refractivity contribution in [1.29, 1.82) is 0 Å². The Labute approximate surface area is 160 Å². The Hall–Kier alpha value is 4.96. The van der Waals surface area contributed by atoms with E-state index in [0.29, 0.717) is 0 Å². The zero-order chi connectivity index (χ0) is 0. The van der Waals surface area contributed by atoms with Crippen molar-refractivity contribution >= 4 is 0 Å². The maximum absolute atomic E-state index is 0. The molecule has 8 heavy (non-hydrogen) atoms. The molecule has 0 nitrogen and oxygen atoms in total. The van der Waals surface area contributed by atoms with Crippen molar-refractivity contribution in [2.45, 2.75) is 0 Å². The molecule has 0 saturated heterocycles. The molecule has 0 bridgehead atoms. The van der Waals surface area contributed by atoms with Gasteiger partial charge in [0.1, 0.15) is 0 Å². The van der Waals surface area contributed by atoms with Crippen LogP contribution in [0.2, 0.25) is 0 Å². The molecule has 0 unspecified atom stereocenters. The van der Waals surface area contributed by atoms with Gasteiger partial charge in [-0.3, -0.25) is 0 Å². The van der Waals surface area contributed by atoms with Gasteiger partial charge in [0.15, 0.2) is 0 Å². The maximum Gasteiger partial charge on any atom is 2.00 e. The Morgan fingerprint density at radius 2 is 0.500 bits per heavy atom. The Kier molecular flexibility index (Phi) is 550. The van der Waals surface area contributed by atoms with Gasteiger partial charge in [-0.25, -0.2) is 0 Å². The van der Waals surface area contributed by atoms with Crippen molar-refractivity contribution in [3.05, 3.63) is 14.9 Å². The minimum Gasteiger partial charge on any atom is -0.358 e. The van der Waals surface area contributed by atoms with E-state index >= 15 is 0 Å². The van der Waals surface area contributed by atoms with E-state index in [-0.39, 0.29) is 165 Å². The molecule has 2 radical (unpaired) electrons. The van der Waals surface area contributed by atoms with E-state index < -0.39 is 0 Å². The first-order chi connectivity index (χ1) is 0. The van der Waals surface area contributed by atoms with Crippen LogP contribution in [0.5, 0.6) is 0 Å². The number of hydrogen-bond donors (Lipinski definition) is 0. The Balaban J connectivity index is 0. The van der Waals surface area contributed by atoms with Gasteiger partial charge < -0.3 is 14.9 Å². The number of rotatable bonds is 0. The standard InChI is InChI=1S/2CH3.4W.2Y/h2*1H3;;;;;;/q2*-1;;;;+2;;. The first-order valence-electron chi connectivity index (χ1n) is 0. The van der Waals surface area contributed by atoms with Crippen molar-refractivity contribution in [1.82, 2.24) is 0 Å². The minimum absolute atomic E-state index is 0. The molecule has 0 aromatic heterocycles. The summed E-state index contributed by atoms with van der Waals surface area (Å²) in [4.78, 5) is 0. The zero-order valence-electron chi connectivity index (χ0n) is 4.79. The van der Waals surface area contributed by atoms with Gasteiger partial charge in [-0.15, -0.1) is 0 Å². The Morgan fingerprint density at radius 1 is 0.500 bits per heavy atom. The largest absolute Gasteiger partial charge is 2.00 e. The quantitative estimate of drug-likeness (QED) is 0.317. The van der Waals surface area contributed by atoms with E-state index in [1.54, 1.807) is 0 Å². The third kappa shape index (κ3) is 44.2. The van der Waals surface area contributed by atoms with Crippen molar-refractivity contribution in [3.63, 3.8) is 0 Å². The van der Waals surface area contributed by atoms with Crippen molar-refractivity contribution in [3.8, 4) is 0 Å². The summed E-state index contributed by atoms with van der Waals surface area (Å²) >= 11 is 0. The van der Waals surface area contributed by atoms with Crippen molar-refractivity contribution in [2.75, 3.05) is 0 Å². The fraction of sp³-hybridized carbons (Fsp3) is 0. The third-order valence-electron chi connectivity index (χ3n) is 0. The predicted molar refractivity (Wildman–Crippen MR) is 12.8 cm³/mol.